The summed E-state index contributed by atoms with van der Waals surface area (Å²) < 4.78 is 17.4. The Morgan fingerprint density at radius 1 is 1.07 bits per heavy atom. The largest absolute Gasteiger partial charge is 0.381 e. The third kappa shape index (κ3) is 4.86. The van der Waals surface area contributed by atoms with Crippen molar-refractivity contribution in [3.63, 3.8) is 0 Å². The Labute approximate surface area is 172 Å². The second-order valence-electron chi connectivity index (χ2n) is 7.47. The number of amidine groups is 1. The molecular weight excluding hydrogens is 368 g/mol. The van der Waals surface area contributed by atoms with Crippen LogP contribution in [0.3, 0.4) is 0 Å². The molecule has 3 fully saturated rings. The average molecular weight is 399 g/mol. The van der Waals surface area contributed by atoms with Crippen molar-refractivity contribution in [2.24, 2.45) is 4.99 Å². The number of rotatable bonds is 6. The van der Waals surface area contributed by atoms with Crippen LogP contribution in [-0.2, 0) is 14.2 Å². The molecule has 0 aliphatic carbocycles. The molecule has 3 aliphatic heterocycles. The molecule has 156 valence electrons. The molecule has 3 saturated heterocycles. The molecule has 0 saturated carbocycles. The Balaban J connectivity index is 1.62. The lowest BCUT2D eigenvalue weighted by molar-refractivity contribution is -0.0327. The summed E-state index contributed by atoms with van der Waals surface area (Å²) >= 11 is 0. The van der Waals surface area contributed by atoms with Crippen LogP contribution in [-0.4, -0.2) is 75.8 Å². The Bertz CT molecular complexity index is 738. The first-order valence-corrected chi connectivity index (χ1v) is 10.5. The molecule has 3 heterocycles. The second-order valence-corrected chi connectivity index (χ2v) is 7.47. The number of hydrogen-bond donors (Lipinski definition) is 1. The molecule has 3 aliphatic rings. The maximum Gasteiger partial charge on any atom is 0.139 e. The van der Waals surface area contributed by atoms with Crippen molar-refractivity contribution in [3.8, 4) is 0 Å². The Kier molecular flexibility index (Phi) is 6.92. The van der Waals surface area contributed by atoms with Crippen molar-refractivity contribution in [2.45, 2.75) is 25.4 Å². The van der Waals surface area contributed by atoms with Crippen LogP contribution in [0.25, 0.3) is 0 Å². The van der Waals surface area contributed by atoms with Crippen LogP contribution in [0, 0.1) is 5.41 Å². The fourth-order valence-electron chi connectivity index (χ4n) is 4.19. The normalized spacial score (nSPS) is 24.2. The number of morpholine rings is 1. The first-order chi connectivity index (χ1) is 14.4. The van der Waals surface area contributed by atoms with Crippen molar-refractivity contribution in [1.82, 2.24) is 4.90 Å². The SMILES string of the molecule is N=CN=C1/C(=C(/COC2CCOCC2)N2CCOCC2)CCN1c1ccccc1. The predicted octanol–water partition coefficient (Wildman–Crippen LogP) is 2.68. The van der Waals surface area contributed by atoms with Gasteiger partial charge in [0.05, 0.1) is 25.9 Å². The molecule has 1 N–H and O–H groups in total. The van der Waals surface area contributed by atoms with E-state index in [1.165, 1.54) is 11.3 Å². The van der Waals surface area contributed by atoms with E-state index in [2.05, 4.69) is 26.9 Å². The molecule has 0 bridgehead atoms. The van der Waals surface area contributed by atoms with Crippen molar-refractivity contribution in [1.29, 1.82) is 5.41 Å². The number of hydrogen-bond acceptors (Lipinski definition) is 5. The van der Waals surface area contributed by atoms with Crippen LogP contribution in [0.1, 0.15) is 19.3 Å². The van der Waals surface area contributed by atoms with Crippen molar-refractivity contribution in [3.05, 3.63) is 41.6 Å². The highest BCUT2D eigenvalue weighted by Crippen LogP contribution is 2.30. The molecule has 4 rings (SSSR count). The first kappa shape index (κ1) is 20.1. The topological polar surface area (TPSA) is 70.4 Å². The first-order valence-electron chi connectivity index (χ1n) is 10.5. The summed E-state index contributed by atoms with van der Waals surface area (Å²) in [5, 5.41) is 7.62. The van der Waals surface area contributed by atoms with Crippen molar-refractivity contribution < 1.29 is 14.2 Å². The van der Waals surface area contributed by atoms with E-state index in [1.807, 2.05) is 18.2 Å². The van der Waals surface area contributed by atoms with E-state index < -0.39 is 0 Å². The molecule has 1 aromatic rings. The Hall–Kier alpha value is -2.22. The number of ether oxygens (including phenoxy) is 3. The summed E-state index contributed by atoms with van der Waals surface area (Å²) in [7, 11) is 0. The van der Waals surface area contributed by atoms with Gasteiger partial charge >= 0.3 is 0 Å². The zero-order chi connectivity index (χ0) is 19.9. The molecule has 0 atom stereocenters. The second kappa shape index (κ2) is 10.0. The van der Waals surface area contributed by atoms with Gasteiger partial charge in [-0.25, -0.2) is 4.99 Å². The molecule has 7 nitrogen and oxygen atoms in total. The third-order valence-electron chi connectivity index (χ3n) is 5.73. The van der Waals surface area contributed by atoms with Crippen molar-refractivity contribution >= 4 is 17.9 Å². The highest BCUT2D eigenvalue weighted by Gasteiger charge is 2.31. The summed E-state index contributed by atoms with van der Waals surface area (Å²) in [6, 6.07) is 10.3. The molecule has 1 aromatic carbocycles. The van der Waals surface area contributed by atoms with Gasteiger partial charge in [-0.05, 0) is 31.4 Å². The molecule has 0 amide bonds. The minimum atomic E-state index is 0.246. The highest BCUT2D eigenvalue weighted by atomic mass is 16.5. The van der Waals surface area contributed by atoms with Gasteiger partial charge in [0.15, 0.2) is 0 Å². The maximum atomic E-state index is 7.62. The van der Waals surface area contributed by atoms with Gasteiger partial charge in [0.25, 0.3) is 0 Å². The molecule has 0 radical (unpaired) electrons. The molecular formula is C22H30N4O3. The number of aliphatic imine (C=N–C) groups is 1. The zero-order valence-electron chi connectivity index (χ0n) is 16.9. The molecule has 29 heavy (non-hydrogen) atoms. The molecule has 0 aromatic heterocycles. The quantitative estimate of drug-likeness (QED) is 0.589. The number of nitrogens with one attached hydrogen (secondary N) is 1. The average Bonchev–Trinajstić information content (AvgIpc) is 3.20. The van der Waals surface area contributed by atoms with Gasteiger partial charge in [-0.1, -0.05) is 18.2 Å². The van der Waals surface area contributed by atoms with E-state index >= 15 is 0 Å². The molecule has 7 heteroatoms. The van der Waals surface area contributed by atoms with E-state index in [4.69, 9.17) is 19.6 Å². The fourth-order valence-corrected chi connectivity index (χ4v) is 4.19. The minimum absolute atomic E-state index is 0.246. The van der Waals surface area contributed by atoms with E-state index in [-0.39, 0.29) is 6.10 Å². The van der Waals surface area contributed by atoms with Crippen molar-refractivity contribution in [2.75, 3.05) is 57.6 Å². The smallest absolute Gasteiger partial charge is 0.139 e. The third-order valence-corrected chi connectivity index (χ3v) is 5.73. The number of nitrogens with zero attached hydrogens (tertiary/aromatic N) is 3. The monoisotopic (exact) mass is 398 g/mol. The van der Waals surface area contributed by atoms with E-state index in [9.17, 15) is 0 Å². The van der Waals surface area contributed by atoms with Crippen LogP contribution < -0.4 is 4.90 Å². The van der Waals surface area contributed by atoms with Gasteiger partial charge in [-0.3, -0.25) is 5.41 Å². The number of benzene rings is 1. The van der Waals surface area contributed by atoms with E-state index in [0.29, 0.717) is 6.61 Å². The lowest BCUT2D eigenvalue weighted by Gasteiger charge is -2.34. The predicted molar refractivity (Wildman–Crippen MR) is 114 cm³/mol. The maximum absolute atomic E-state index is 7.62. The van der Waals surface area contributed by atoms with Gasteiger partial charge in [0.1, 0.15) is 12.2 Å². The van der Waals surface area contributed by atoms with Gasteiger partial charge in [-0.2, -0.15) is 0 Å². The summed E-state index contributed by atoms with van der Waals surface area (Å²) in [5.74, 6) is 0.864. The summed E-state index contributed by atoms with van der Waals surface area (Å²) in [6.45, 7) is 6.16. The van der Waals surface area contributed by atoms with Gasteiger partial charge < -0.3 is 24.0 Å². The molecule has 0 spiro atoms. The van der Waals surface area contributed by atoms with E-state index in [1.54, 1.807) is 0 Å². The van der Waals surface area contributed by atoms with E-state index in [0.717, 1.165) is 83.2 Å². The number of para-hydroxylation sites is 1. The summed E-state index contributed by atoms with van der Waals surface area (Å²) in [5.41, 5.74) is 3.49. The standard InChI is InChI=1S/C22H30N4O3/c23-17-24-22-20(6-9-26(22)18-4-2-1-3-5-18)21(25-10-14-28-15-11-25)16-29-19-7-12-27-13-8-19/h1-5,17,19,23H,6-16H2/b21-20-,23-17?,24-22?. The minimum Gasteiger partial charge on any atom is -0.381 e. The zero-order valence-corrected chi connectivity index (χ0v) is 16.9. The summed E-state index contributed by atoms with van der Waals surface area (Å²) in [4.78, 5) is 9.05. The van der Waals surface area contributed by atoms with Gasteiger partial charge in [0, 0.05) is 49.8 Å². The van der Waals surface area contributed by atoms with Gasteiger partial charge in [-0.15, -0.1) is 0 Å². The van der Waals surface area contributed by atoms with Crippen LogP contribution in [0.5, 0.6) is 0 Å². The van der Waals surface area contributed by atoms with Crippen LogP contribution in [0.4, 0.5) is 5.69 Å². The Morgan fingerprint density at radius 3 is 2.52 bits per heavy atom. The lowest BCUT2D eigenvalue weighted by Crippen LogP contribution is -2.39. The molecule has 0 unspecified atom stereocenters. The Morgan fingerprint density at radius 2 is 1.79 bits per heavy atom. The van der Waals surface area contributed by atoms with Crippen LogP contribution >= 0.6 is 0 Å². The number of anilines is 1. The summed E-state index contributed by atoms with van der Waals surface area (Å²) in [6.07, 6.45) is 4.18. The van der Waals surface area contributed by atoms with Crippen LogP contribution in [0.15, 0.2) is 46.6 Å². The van der Waals surface area contributed by atoms with Gasteiger partial charge in [0.2, 0.25) is 0 Å². The highest BCUT2D eigenvalue weighted by molar-refractivity contribution is 6.14. The fraction of sp³-hybridized carbons (Fsp3) is 0.545. The van der Waals surface area contributed by atoms with Crippen LogP contribution in [0.2, 0.25) is 0 Å². The lowest BCUT2D eigenvalue weighted by atomic mass is 10.1.